The van der Waals surface area contributed by atoms with Crippen LogP contribution in [0.5, 0.6) is 0 Å². The monoisotopic (exact) mass is 761 g/mol. The summed E-state index contributed by atoms with van der Waals surface area (Å²) < 4.78 is 29.1. The Bertz CT molecular complexity index is 3110. The first kappa shape index (κ1) is 35.2. The fraction of sp³-hybridized carbons (Fsp3) is 0. The molecule has 10 rings (SSSR count). The number of pyridine rings is 6. The fourth-order valence-corrected chi connectivity index (χ4v) is 6.34. The van der Waals surface area contributed by atoms with E-state index in [-0.39, 0.29) is 0 Å². The molecular formula is C43H25F2N13. The third kappa shape index (κ3) is 6.95. The molecule has 0 radical (unpaired) electrons. The van der Waals surface area contributed by atoms with Crippen LogP contribution in [0.15, 0.2) is 141 Å². The summed E-state index contributed by atoms with van der Waals surface area (Å²) in [6.45, 7) is 0. The minimum absolute atomic E-state index is 0.390. The van der Waals surface area contributed by atoms with Crippen molar-refractivity contribution >= 4 is 22.3 Å². The van der Waals surface area contributed by atoms with Gasteiger partial charge in [-0.1, -0.05) is 12.1 Å². The van der Waals surface area contributed by atoms with Gasteiger partial charge in [0.25, 0.3) is 0 Å². The predicted molar refractivity (Wildman–Crippen MR) is 212 cm³/mol. The molecule has 1 aromatic carbocycles. The molecule has 276 valence electrons. The Labute approximate surface area is 327 Å². The van der Waals surface area contributed by atoms with Crippen LogP contribution in [-0.2, 0) is 0 Å². The zero-order valence-electron chi connectivity index (χ0n) is 30.0. The molecule has 0 aliphatic rings. The number of hydrogen-bond donors (Lipinski definition) is 2. The van der Waals surface area contributed by atoms with E-state index in [1.807, 2.05) is 36.4 Å². The first-order valence-corrected chi connectivity index (χ1v) is 17.6. The Morgan fingerprint density at radius 1 is 0.483 bits per heavy atom. The molecule has 0 saturated heterocycles. The summed E-state index contributed by atoms with van der Waals surface area (Å²) in [5.74, 6) is 0.256. The van der Waals surface area contributed by atoms with Crippen LogP contribution < -0.4 is 0 Å². The van der Waals surface area contributed by atoms with Gasteiger partial charge in [0.05, 0.1) is 52.6 Å². The van der Waals surface area contributed by atoms with Gasteiger partial charge in [0.15, 0.2) is 17.1 Å². The highest BCUT2D eigenvalue weighted by Gasteiger charge is 2.19. The van der Waals surface area contributed by atoms with Crippen molar-refractivity contribution in [2.75, 3.05) is 0 Å². The predicted octanol–water partition coefficient (Wildman–Crippen LogP) is 8.44. The number of benzene rings is 1. The largest absolute Gasteiger partial charge is 0.337 e. The van der Waals surface area contributed by atoms with Crippen LogP contribution in [0.1, 0.15) is 5.56 Å². The highest BCUT2D eigenvalue weighted by Crippen LogP contribution is 2.36. The van der Waals surface area contributed by atoms with Crippen molar-refractivity contribution in [3.63, 3.8) is 0 Å². The van der Waals surface area contributed by atoms with Gasteiger partial charge in [-0.2, -0.15) is 5.26 Å². The maximum absolute atomic E-state index is 14.6. The third-order valence-corrected chi connectivity index (χ3v) is 9.01. The van der Waals surface area contributed by atoms with E-state index < -0.39 is 11.6 Å². The molecule has 0 saturated carbocycles. The number of hydrogen-bond acceptors (Lipinski definition) is 11. The molecule has 9 heterocycles. The number of aromatic amines is 2. The van der Waals surface area contributed by atoms with Gasteiger partial charge in [-0.3, -0.25) is 24.9 Å². The second kappa shape index (κ2) is 15.3. The standard InChI is InChI=1S/C23H13FN6.C20H12FN7/c24-19-13-27-8-6-17(19)18-10-20-23(29-21(18)16-5-2-7-26-12-16)30-22(28-20)15-4-1-3-14(9-15)11-25;21-15-10-23-5-3-13(15)14-8-16-19(27-18(14)12-2-1-4-22-9-12)28-20(26-16)17-11-24-6-7-25-17/h1-10,12-13H,(H,28,29,30);1-11H,(H,26,27,28). The molecule has 0 unspecified atom stereocenters. The number of nitrogens with one attached hydrogen (secondary N) is 2. The normalized spacial score (nSPS) is 10.9. The Kier molecular flexibility index (Phi) is 9.30. The molecule has 9 aromatic heterocycles. The van der Waals surface area contributed by atoms with E-state index in [0.29, 0.717) is 78.9 Å². The highest BCUT2D eigenvalue weighted by atomic mass is 19.1. The lowest BCUT2D eigenvalue weighted by Crippen LogP contribution is -1.94. The topological polar surface area (TPSA) is 184 Å². The van der Waals surface area contributed by atoms with E-state index >= 15 is 0 Å². The second-order valence-corrected chi connectivity index (χ2v) is 12.7. The lowest BCUT2D eigenvalue weighted by molar-refractivity contribution is 0.624. The lowest BCUT2D eigenvalue weighted by Gasteiger charge is -2.09. The molecule has 0 aliphatic heterocycles. The molecular weight excluding hydrogens is 737 g/mol. The van der Waals surface area contributed by atoms with E-state index in [4.69, 9.17) is 15.2 Å². The van der Waals surface area contributed by atoms with Crippen LogP contribution in [0.3, 0.4) is 0 Å². The number of imidazole rings is 2. The second-order valence-electron chi connectivity index (χ2n) is 12.7. The quantitative estimate of drug-likeness (QED) is 0.166. The number of aromatic nitrogens is 12. The Morgan fingerprint density at radius 3 is 1.57 bits per heavy atom. The van der Waals surface area contributed by atoms with E-state index in [1.54, 1.807) is 92.2 Å². The zero-order chi connectivity index (χ0) is 39.4. The molecule has 13 nitrogen and oxygen atoms in total. The highest BCUT2D eigenvalue weighted by molar-refractivity contribution is 5.91. The van der Waals surface area contributed by atoms with Gasteiger partial charge >= 0.3 is 0 Å². The van der Waals surface area contributed by atoms with E-state index in [9.17, 15) is 8.78 Å². The molecule has 0 aliphatic carbocycles. The average molecular weight is 762 g/mol. The summed E-state index contributed by atoms with van der Waals surface area (Å²) in [6.07, 6.45) is 17.0. The van der Waals surface area contributed by atoms with Crippen LogP contribution in [0.2, 0.25) is 0 Å². The van der Waals surface area contributed by atoms with E-state index in [0.717, 1.165) is 16.7 Å². The number of nitriles is 1. The number of rotatable bonds is 6. The van der Waals surface area contributed by atoms with Crippen molar-refractivity contribution in [1.82, 2.24) is 59.8 Å². The molecule has 0 atom stereocenters. The Balaban J connectivity index is 0.000000151. The SMILES string of the molecule is Fc1cnccc1-c1cc2[nH]c(-c3cnccn3)nc2nc1-c1cccnc1.N#Cc1cccc(-c2nc3nc(-c4cccnc4)c(-c4ccncc4F)cc3[nH]2)c1. The van der Waals surface area contributed by atoms with E-state index in [2.05, 4.69) is 55.9 Å². The van der Waals surface area contributed by atoms with Gasteiger partial charge in [0.2, 0.25) is 0 Å². The zero-order valence-corrected chi connectivity index (χ0v) is 30.0. The molecule has 0 bridgehead atoms. The van der Waals surface area contributed by atoms with Crippen molar-refractivity contribution in [3.05, 3.63) is 158 Å². The lowest BCUT2D eigenvalue weighted by atomic mass is 10.0. The average Bonchev–Trinajstić information content (AvgIpc) is 3.91. The first-order chi connectivity index (χ1) is 28.5. The number of nitrogens with zero attached hydrogens (tertiary/aromatic N) is 11. The molecule has 0 fully saturated rings. The Hall–Kier alpha value is -8.51. The summed E-state index contributed by atoms with van der Waals surface area (Å²) >= 11 is 0. The molecule has 58 heavy (non-hydrogen) atoms. The maximum Gasteiger partial charge on any atom is 0.178 e. The van der Waals surface area contributed by atoms with Crippen LogP contribution in [0.25, 0.3) is 90.0 Å². The van der Waals surface area contributed by atoms with Gasteiger partial charge < -0.3 is 9.97 Å². The summed E-state index contributed by atoms with van der Waals surface area (Å²) in [4.78, 5) is 49.3. The molecule has 15 heteroatoms. The minimum atomic E-state index is -0.440. The number of fused-ring (bicyclic) bond motifs is 2. The third-order valence-electron chi connectivity index (χ3n) is 9.01. The maximum atomic E-state index is 14.6. The first-order valence-electron chi connectivity index (χ1n) is 17.6. The summed E-state index contributed by atoms with van der Waals surface area (Å²) in [7, 11) is 0. The van der Waals surface area contributed by atoms with Crippen molar-refractivity contribution < 1.29 is 8.78 Å². The van der Waals surface area contributed by atoms with Crippen LogP contribution in [0.4, 0.5) is 8.78 Å². The van der Waals surface area contributed by atoms with Crippen molar-refractivity contribution in [1.29, 1.82) is 5.26 Å². The minimum Gasteiger partial charge on any atom is -0.337 e. The molecule has 2 N–H and O–H groups in total. The van der Waals surface area contributed by atoms with Gasteiger partial charge in [0.1, 0.15) is 23.2 Å². The van der Waals surface area contributed by atoms with Gasteiger partial charge in [0, 0.05) is 88.5 Å². The number of H-pyrrole nitrogens is 2. The van der Waals surface area contributed by atoms with Crippen LogP contribution >= 0.6 is 0 Å². The van der Waals surface area contributed by atoms with Crippen molar-refractivity contribution in [3.8, 4) is 73.7 Å². The van der Waals surface area contributed by atoms with E-state index in [1.165, 1.54) is 12.4 Å². The number of halogens is 2. The smallest absolute Gasteiger partial charge is 0.178 e. The molecule has 0 spiro atoms. The van der Waals surface area contributed by atoms with Crippen LogP contribution in [0, 0.1) is 23.0 Å². The summed E-state index contributed by atoms with van der Waals surface area (Å²) in [5, 5.41) is 9.16. The van der Waals surface area contributed by atoms with Gasteiger partial charge in [-0.15, -0.1) is 0 Å². The summed E-state index contributed by atoms with van der Waals surface area (Å²) in [5.41, 5.74) is 8.91. The van der Waals surface area contributed by atoms with Crippen LogP contribution in [-0.4, -0.2) is 59.8 Å². The van der Waals surface area contributed by atoms with Crippen molar-refractivity contribution in [2.45, 2.75) is 0 Å². The Morgan fingerprint density at radius 2 is 1.03 bits per heavy atom. The van der Waals surface area contributed by atoms with Gasteiger partial charge in [-0.25, -0.2) is 33.7 Å². The van der Waals surface area contributed by atoms with Gasteiger partial charge in [-0.05, 0) is 60.7 Å². The fourth-order valence-electron chi connectivity index (χ4n) is 6.34. The molecule has 10 aromatic rings. The molecule has 0 amide bonds. The summed E-state index contributed by atoms with van der Waals surface area (Å²) in [6, 6.07) is 23.5. The van der Waals surface area contributed by atoms with Crippen molar-refractivity contribution in [2.24, 2.45) is 0 Å².